The van der Waals surface area contributed by atoms with Gasteiger partial charge in [0.1, 0.15) is 0 Å². The molecular formula is C15H11BrO4S. The second kappa shape index (κ2) is 6.78. The Hall–Kier alpha value is -1.79. The van der Waals surface area contributed by atoms with Crippen molar-refractivity contribution in [3.63, 3.8) is 0 Å². The third-order valence-electron chi connectivity index (χ3n) is 2.70. The van der Waals surface area contributed by atoms with Crippen molar-refractivity contribution in [2.45, 2.75) is 16.2 Å². The standard InChI is InChI=1S/C15H11BrO4S/c16-10-2-5-11(6-3-10)21-12-4-1-9(7-14(17)18)13(8-12)15(19)20/h1-6,8H,7H2,(H,17,18)(H,19,20). The topological polar surface area (TPSA) is 74.6 Å². The zero-order chi connectivity index (χ0) is 15.4. The van der Waals surface area contributed by atoms with Crippen LogP contribution in [0.2, 0.25) is 0 Å². The summed E-state index contributed by atoms with van der Waals surface area (Å²) in [4.78, 5) is 23.7. The Balaban J connectivity index is 2.29. The quantitative estimate of drug-likeness (QED) is 0.838. The highest BCUT2D eigenvalue weighted by Gasteiger charge is 2.14. The van der Waals surface area contributed by atoms with Gasteiger partial charge in [0.15, 0.2) is 0 Å². The highest BCUT2D eigenvalue weighted by Crippen LogP contribution is 2.30. The molecule has 21 heavy (non-hydrogen) atoms. The average Bonchev–Trinajstić information content (AvgIpc) is 2.42. The van der Waals surface area contributed by atoms with E-state index in [-0.39, 0.29) is 12.0 Å². The second-order valence-corrected chi connectivity index (χ2v) is 6.31. The molecule has 0 heterocycles. The highest BCUT2D eigenvalue weighted by atomic mass is 79.9. The number of carbonyl (C=O) groups is 2. The first-order valence-electron chi connectivity index (χ1n) is 5.97. The van der Waals surface area contributed by atoms with Crippen LogP contribution in [0, 0.1) is 0 Å². The van der Waals surface area contributed by atoms with Crippen molar-refractivity contribution in [2.75, 3.05) is 0 Å². The molecule has 0 aliphatic rings. The number of carboxylic acids is 2. The van der Waals surface area contributed by atoms with Gasteiger partial charge in [-0.3, -0.25) is 4.79 Å². The molecule has 0 aliphatic heterocycles. The van der Waals surface area contributed by atoms with Crippen molar-refractivity contribution >= 4 is 39.6 Å². The molecule has 0 spiro atoms. The average molecular weight is 367 g/mol. The van der Waals surface area contributed by atoms with Gasteiger partial charge >= 0.3 is 11.9 Å². The third-order valence-corrected chi connectivity index (χ3v) is 4.23. The van der Waals surface area contributed by atoms with Crippen LogP contribution in [-0.2, 0) is 11.2 Å². The Morgan fingerprint density at radius 3 is 2.19 bits per heavy atom. The number of aliphatic carboxylic acids is 1. The van der Waals surface area contributed by atoms with Crippen LogP contribution in [0.4, 0.5) is 0 Å². The molecule has 2 aromatic carbocycles. The maximum atomic E-state index is 11.2. The summed E-state index contributed by atoms with van der Waals surface area (Å²) >= 11 is 4.78. The first-order chi connectivity index (χ1) is 9.95. The fraction of sp³-hybridized carbons (Fsp3) is 0.0667. The molecule has 2 rings (SSSR count). The Morgan fingerprint density at radius 1 is 1.00 bits per heavy atom. The van der Waals surface area contributed by atoms with Crippen LogP contribution in [0.3, 0.4) is 0 Å². The summed E-state index contributed by atoms with van der Waals surface area (Å²) in [5.41, 5.74) is 0.328. The van der Waals surface area contributed by atoms with E-state index in [1.165, 1.54) is 17.8 Å². The number of benzene rings is 2. The SMILES string of the molecule is O=C(O)Cc1ccc(Sc2ccc(Br)cc2)cc1C(=O)O. The van der Waals surface area contributed by atoms with Gasteiger partial charge in [0.25, 0.3) is 0 Å². The zero-order valence-corrected chi connectivity index (χ0v) is 13.1. The molecule has 0 saturated carbocycles. The van der Waals surface area contributed by atoms with E-state index in [0.29, 0.717) is 5.56 Å². The monoisotopic (exact) mass is 366 g/mol. The summed E-state index contributed by atoms with van der Waals surface area (Å²) in [6.07, 6.45) is -0.301. The van der Waals surface area contributed by atoms with Crippen molar-refractivity contribution < 1.29 is 19.8 Å². The van der Waals surface area contributed by atoms with Crippen LogP contribution in [0.5, 0.6) is 0 Å². The molecule has 0 aromatic heterocycles. The fourth-order valence-electron chi connectivity index (χ4n) is 1.77. The van der Waals surface area contributed by atoms with Crippen LogP contribution in [0.15, 0.2) is 56.7 Å². The van der Waals surface area contributed by atoms with E-state index in [0.717, 1.165) is 14.3 Å². The minimum atomic E-state index is -1.12. The van der Waals surface area contributed by atoms with Crippen LogP contribution in [-0.4, -0.2) is 22.2 Å². The van der Waals surface area contributed by atoms with Gasteiger partial charge in [0.2, 0.25) is 0 Å². The van der Waals surface area contributed by atoms with Crippen molar-refractivity contribution in [1.82, 2.24) is 0 Å². The van der Waals surface area contributed by atoms with Crippen molar-refractivity contribution in [3.8, 4) is 0 Å². The van der Waals surface area contributed by atoms with Crippen LogP contribution in [0.1, 0.15) is 15.9 Å². The first-order valence-corrected chi connectivity index (χ1v) is 7.58. The van der Waals surface area contributed by atoms with Gasteiger partial charge in [-0.05, 0) is 42.0 Å². The number of hydrogen-bond acceptors (Lipinski definition) is 3. The summed E-state index contributed by atoms with van der Waals surface area (Å²) < 4.78 is 0.967. The second-order valence-electron chi connectivity index (χ2n) is 4.25. The molecule has 0 aliphatic carbocycles. The lowest BCUT2D eigenvalue weighted by atomic mass is 10.1. The van der Waals surface area contributed by atoms with E-state index in [4.69, 9.17) is 5.11 Å². The Kier molecular flexibility index (Phi) is 5.03. The summed E-state index contributed by atoms with van der Waals surface area (Å²) in [5.74, 6) is -2.17. The van der Waals surface area contributed by atoms with Crippen molar-refractivity contribution in [2.24, 2.45) is 0 Å². The molecule has 0 radical (unpaired) electrons. The Bertz CT molecular complexity index is 683. The van der Waals surface area contributed by atoms with E-state index in [9.17, 15) is 14.7 Å². The summed E-state index contributed by atoms with van der Waals surface area (Å²) in [6.45, 7) is 0. The third kappa shape index (κ3) is 4.34. The number of halogens is 1. The van der Waals surface area contributed by atoms with E-state index in [2.05, 4.69) is 15.9 Å². The highest BCUT2D eigenvalue weighted by molar-refractivity contribution is 9.10. The van der Waals surface area contributed by atoms with Crippen LogP contribution >= 0.6 is 27.7 Å². The zero-order valence-electron chi connectivity index (χ0n) is 10.7. The molecule has 6 heteroatoms. The molecule has 108 valence electrons. The van der Waals surface area contributed by atoms with E-state index < -0.39 is 11.9 Å². The molecule has 0 bridgehead atoms. The Labute approximate surface area is 133 Å². The van der Waals surface area contributed by atoms with Gasteiger partial charge in [-0.1, -0.05) is 33.8 Å². The number of aromatic carboxylic acids is 1. The minimum Gasteiger partial charge on any atom is -0.481 e. The molecule has 2 N–H and O–H groups in total. The van der Waals surface area contributed by atoms with E-state index in [1.807, 2.05) is 24.3 Å². The maximum absolute atomic E-state index is 11.2. The molecule has 2 aromatic rings. The summed E-state index contributed by atoms with van der Waals surface area (Å²) in [5, 5.41) is 18.0. The van der Waals surface area contributed by atoms with Crippen molar-refractivity contribution in [3.05, 3.63) is 58.1 Å². The normalized spacial score (nSPS) is 10.3. The molecule has 0 saturated heterocycles. The fourth-order valence-corrected chi connectivity index (χ4v) is 2.90. The lowest BCUT2D eigenvalue weighted by Crippen LogP contribution is -2.07. The number of hydrogen-bond donors (Lipinski definition) is 2. The van der Waals surface area contributed by atoms with E-state index >= 15 is 0 Å². The number of carboxylic acid groups (broad SMARTS) is 2. The Morgan fingerprint density at radius 2 is 1.62 bits per heavy atom. The molecule has 0 atom stereocenters. The lowest BCUT2D eigenvalue weighted by Gasteiger charge is -2.07. The van der Waals surface area contributed by atoms with Gasteiger partial charge in [-0.15, -0.1) is 0 Å². The number of rotatable bonds is 5. The van der Waals surface area contributed by atoms with Crippen LogP contribution in [0.25, 0.3) is 0 Å². The van der Waals surface area contributed by atoms with Gasteiger partial charge in [-0.2, -0.15) is 0 Å². The molecule has 0 fully saturated rings. The predicted octanol–water partition coefficient (Wildman–Crippen LogP) is 3.93. The van der Waals surface area contributed by atoms with E-state index in [1.54, 1.807) is 12.1 Å². The minimum absolute atomic E-state index is 0.0273. The molecule has 4 nitrogen and oxygen atoms in total. The predicted molar refractivity (Wildman–Crippen MR) is 83.0 cm³/mol. The molecular weight excluding hydrogens is 356 g/mol. The van der Waals surface area contributed by atoms with Gasteiger partial charge in [-0.25, -0.2) is 4.79 Å². The lowest BCUT2D eigenvalue weighted by molar-refractivity contribution is -0.136. The van der Waals surface area contributed by atoms with Gasteiger partial charge < -0.3 is 10.2 Å². The smallest absolute Gasteiger partial charge is 0.336 e. The largest absolute Gasteiger partial charge is 0.481 e. The van der Waals surface area contributed by atoms with Gasteiger partial charge in [0.05, 0.1) is 12.0 Å². The molecule has 0 unspecified atom stereocenters. The molecule has 0 amide bonds. The van der Waals surface area contributed by atoms with Crippen molar-refractivity contribution in [1.29, 1.82) is 0 Å². The summed E-state index contributed by atoms with van der Waals surface area (Å²) in [6, 6.07) is 12.4. The van der Waals surface area contributed by atoms with Crippen LogP contribution < -0.4 is 0 Å². The maximum Gasteiger partial charge on any atom is 0.336 e. The summed E-state index contributed by atoms with van der Waals surface area (Å²) in [7, 11) is 0. The van der Waals surface area contributed by atoms with Gasteiger partial charge in [0, 0.05) is 14.3 Å². The first kappa shape index (κ1) is 15.6.